The summed E-state index contributed by atoms with van der Waals surface area (Å²) >= 11 is 0. The lowest BCUT2D eigenvalue weighted by atomic mass is 10.1. The summed E-state index contributed by atoms with van der Waals surface area (Å²) in [7, 11) is 0. The number of aliphatic hydroxyl groups is 1. The van der Waals surface area contributed by atoms with Crippen LogP contribution in [0.25, 0.3) is 0 Å². The molecule has 1 unspecified atom stereocenters. The van der Waals surface area contributed by atoms with Gasteiger partial charge in [-0.25, -0.2) is 4.79 Å². The molecule has 4 heteroatoms. The highest BCUT2D eigenvalue weighted by Gasteiger charge is 2.03. The topological polar surface area (TPSA) is 61.4 Å². The number of carbonyl (C=O) groups is 1. The maximum absolute atomic E-state index is 11.7. The summed E-state index contributed by atoms with van der Waals surface area (Å²) in [5, 5.41) is 15.0. The molecule has 2 aromatic rings. The fraction of sp³-hybridized carbons (Fsp3) is 0.235. The summed E-state index contributed by atoms with van der Waals surface area (Å²) in [5.74, 6) is 0. The van der Waals surface area contributed by atoms with E-state index in [1.54, 1.807) is 31.2 Å². The Kier molecular flexibility index (Phi) is 5.35. The number of rotatable bonds is 5. The van der Waals surface area contributed by atoms with Crippen molar-refractivity contribution in [2.75, 3.05) is 11.9 Å². The minimum Gasteiger partial charge on any atom is -0.389 e. The number of nitrogens with one attached hydrogen (secondary N) is 2. The van der Waals surface area contributed by atoms with Crippen molar-refractivity contribution < 1.29 is 9.90 Å². The van der Waals surface area contributed by atoms with Crippen LogP contribution in [-0.4, -0.2) is 17.7 Å². The van der Waals surface area contributed by atoms with Gasteiger partial charge in [-0.2, -0.15) is 0 Å². The summed E-state index contributed by atoms with van der Waals surface area (Å²) in [6.45, 7) is 2.29. The van der Waals surface area contributed by atoms with E-state index < -0.39 is 6.10 Å². The van der Waals surface area contributed by atoms with Crippen LogP contribution in [0.2, 0.25) is 0 Å². The SMILES string of the molecule is CC(O)c1ccc(NC(=O)NCCc2ccccc2)cc1. The third kappa shape index (κ3) is 4.93. The van der Waals surface area contributed by atoms with Crippen molar-refractivity contribution in [2.45, 2.75) is 19.4 Å². The molecule has 4 nitrogen and oxygen atoms in total. The lowest BCUT2D eigenvalue weighted by molar-refractivity contribution is 0.199. The molecule has 0 bridgehead atoms. The van der Waals surface area contributed by atoms with Gasteiger partial charge in [0.25, 0.3) is 0 Å². The zero-order chi connectivity index (χ0) is 15.1. The summed E-state index contributed by atoms with van der Waals surface area (Å²) in [4.78, 5) is 11.7. The van der Waals surface area contributed by atoms with Crippen LogP contribution in [0.4, 0.5) is 10.5 Å². The van der Waals surface area contributed by atoms with Crippen LogP contribution in [0.3, 0.4) is 0 Å². The van der Waals surface area contributed by atoms with Crippen LogP contribution in [0.1, 0.15) is 24.2 Å². The molecule has 2 rings (SSSR count). The first-order valence-electron chi connectivity index (χ1n) is 7.02. The molecule has 1 atom stereocenters. The Bertz CT molecular complexity index is 565. The molecule has 0 heterocycles. The van der Waals surface area contributed by atoms with Crippen LogP contribution in [0.5, 0.6) is 0 Å². The average Bonchev–Trinajstić information content (AvgIpc) is 2.49. The van der Waals surface area contributed by atoms with E-state index in [0.29, 0.717) is 12.2 Å². The van der Waals surface area contributed by atoms with Gasteiger partial charge in [-0.1, -0.05) is 42.5 Å². The van der Waals surface area contributed by atoms with Crippen molar-refractivity contribution in [1.82, 2.24) is 5.32 Å². The number of anilines is 1. The zero-order valence-corrected chi connectivity index (χ0v) is 12.0. The second-order valence-electron chi connectivity index (χ2n) is 4.91. The second kappa shape index (κ2) is 7.45. The Morgan fingerprint density at radius 2 is 1.76 bits per heavy atom. The van der Waals surface area contributed by atoms with Crippen molar-refractivity contribution in [3.63, 3.8) is 0 Å². The molecule has 3 N–H and O–H groups in total. The summed E-state index contributed by atoms with van der Waals surface area (Å²) in [6, 6.07) is 16.9. The van der Waals surface area contributed by atoms with Gasteiger partial charge in [0, 0.05) is 12.2 Å². The second-order valence-corrected chi connectivity index (χ2v) is 4.91. The molecule has 0 saturated heterocycles. The first-order chi connectivity index (χ1) is 10.1. The molecule has 2 aromatic carbocycles. The maximum Gasteiger partial charge on any atom is 0.319 e. The minimum absolute atomic E-state index is 0.226. The van der Waals surface area contributed by atoms with Gasteiger partial charge in [-0.05, 0) is 36.6 Å². The molecule has 0 aliphatic rings. The molecule has 110 valence electrons. The summed E-state index contributed by atoms with van der Waals surface area (Å²) in [5.41, 5.74) is 2.72. The van der Waals surface area contributed by atoms with Crippen molar-refractivity contribution in [3.05, 3.63) is 65.7 Å². The lowest BCUT2D eigenvalue weighted by Gasteiger charge is -2.09. The predicted molar refractivity (Wildman–Crippen MR) is 84.2 cm³/mol. The summed E-state index contributed by atoms with van der Waals surface area (Å²) < 4.78 is 0. The van der Waals surface area contributed by atoms with Crippen molar-refractivity contribution in [3.8, 4) is 0 Å². The van der Waals surface area contributed by atoms with Crippen molar-refractivity contribution in [2.24, 2.45) is 0 Å². The van der Waals surface area contributed by atoms with Crippen molar-refractivity contribution in [1.29, 1.82) is 0 Å². The molecule has 0 fully saturated rings. The molecule has 0 radical (unpaired) electrons. The van der Waals surface area contributed by atoms with E-state index in [2.05, 4.69) is 10.6 Å². The largest absolute Gasteiger partial charge is 0.389 e. The van der Waals surface area contributed by atoms with E-state index in [1.165, 1.54) is 5.56 Å². The fourth-order valence-electron chi connectivity index (χ4n) is 1.99. The molecule has 0 aliphatic carbocycles. The van der Waals surface area contributed by atoms with Crippen LogP contribution in [0.15, 0.2) is 54.6 Å². The Morgan fingerprint density at radius 3 is 2.38 bits per heavy atom. The van der Waals surface area contributed by atoms with E-state index in [0.717, 1.165) is 12.0 Å². The number of hydrogen-bond acceptors (Lipinski definition) is 2. The normalized spacial score (nSPS) is 11.7. The first-order valence-corrected chi connectivity index (χ1v) is 7.02. The highest BCUT2D eigenvalue weighted by Crippen LogP contribution is 2.15. The van der Waals surface area contributed by atoms with Crippen molar-refractivity contribution >= 4 is 11.7 Å². The molecular formula is C17H20N2O2. The number of carbonyl (C=O) groups excluding carboxylic acids is 1. The average molecular weight is 284 g/mol. The van der Waals surface area contributed by atoms with Gasteiger partial charge in [0.2, 0.25) is 0 Å². The molecule has 2 amide bonds. The minimum atomic E-state index is -0.501. The van der Waals surface area contributed by atoms with Crippen LogP contribution < -0.4 is 10.6 Å². The van der Waals surface area contributed by atoms with Crippen LogP contribution >= 0.6 is 0 Å². The number of benzene rings is 2. The summed E-state index contributed by atoms with van der Waals surface area (Å²) in [6.07, 6.45) is 0.300. The molecule has 0 saturated carbocycles. The van der Waals surface area contributed by atoms with Gasteiger partial charge in [0.15, 0.2) is 0 Å². The Morgan fingerprint density at radius 1 is 1.10 bits per heavy atom. The van der Waals surface area contributed by atoms with E-state index in [9.17, 15) is 9.90 Å². The third-order valence-corrected chi connectivity index (χ3v) is 3.19. The molecular weight excluding hydrogens is 264 g/mol. The van der Waals surface area contributed by atoms with Crippen LogP contribution in [-0.2, 0) is 6.42 Å². The lowest BCUT2D eigenvalue weighted by Crippen LogP contribution is -2.30. The maximum atomic E-state index is 11.7. The highest BCUT2D eigenvalue weighted by molar-refractivity contribution is 5.89. The van der Waals surface area contributed by atoms with Gasteiger partial charge in [-0.15, -0.1) is 0 Å². The molecule has 0 aliphatic heterocycles. The van der Waals surface area contributed by atoms with E-state index >= 15 is 0 Å². The number of hydrogen-bond donors (Lipinski definition) is 3. The Balaban J connectivity index is 1.76. The quantitative estimate of drug-likeness (QED) is 0.790. The van der Waals surface area contributed by atoms with Gasteiger partial charge in [-0.3, -0.25) is 0 Å². The van der Waals surface area contributed by atoms with E-state index in [1.807, 2.05) is 30.3 Å². The Hall–Kier alpha value is -2.33. The van der Waals surface area contributed by atoms with Gasteiger partial charge in [0.05, 0.1) is 6.10 Å². The van der Waals surface area contributed by atoms with Gasteiger partial charge < -0.3 is 15.7 Å². The smallest absolute Gasteiger partial charge is 0.319 e. The standard InChI is InChI=1S/C17H20N2O2/c1-13(20)15-7-9-16(10-8-15)19-17(21)18-12-11-14-5-3-2-4-6-14/h2-10,13,20H,11-12H2,1H3,(H2,18,19,21). The fourth-order valence-corrected chi connectivity index (χ4v) is 1.99. The zero-order valence-electron chi connectivity index (χ0n) is 12.0. The van der Waals surface area contributed by atoms with E-state index in [-0.39, 0.29) is 6.03 Å². The first kappa shape index (κ1) is 15.1. The van der Waals surface area contributed by atoms with Gasteiger partial charge in [0.1, 0.15) is 0 Å². The monoisotopic (exact) mass is 284 g/mol. The van der Waals surface area contributed by atoms with E-state index in [4.69, 9.17) is 0 Å². The number of aliphatic hydroxyl groups excluding tert-OH is 1. The Labute approximate surface area is 124 Å². The number of amides is 2. The van der Waals surface area contributed by atoms with Crippen LogP contribution in [0, 0.1) is 0 Å². The number of urea groups is 1. The molecule has 21 heavy (non-hydrogen) atoms. The molecule has 0 aromatic heterocycles. The molecule has 0 spiro atoms. The third-order valence-electron chi connectivity index (χ3n) is 3.19. The predicted octanol–water partition coefficient (Wildman–Crippen LogP) is 3.10. The highest BCUT2D eigenvalue weighted by atomic mass is 16.3. The van der Waals surface area contributed by atoms with Gasteiger partial charge >= 0.3 is 6.03 Å².